The van der Waals surface area contributed by atoms with E-state index < -0.39 is 12.0 Å². The highest BCUT2D eigenvalue weighted by atomic mass is 35.5. The van der Waals surface area contributed by atoms with Gasteiger partial charge in [-0.25, -0.2) is 0 Å². The van der Waals surface area contributed by atoms with Gasteiger partial charge < -0.3 is 10.0 Å². The molecule has 2 fully saturated rings. The summed E-state index contributed by atoms with van der Waals surface area (Å²) < 4.78 is 0. The van der Waals surface area contributed by atoms with E-state index in [4.69, 9.17) is 11.6 Å². The second-order valence-electron chi connectivity index (χ2n) is 7.62. The predicted molar refractivity (Wildman–Crippen MR) is 104 cm³/mol. The molecule has 3 rings (SSSR count). The fourth-order valence-electron chi connectivity index (χ4n) is 4.61. The number of aromatic nitrogens is 1. The fraction of sp³-hybridized carbons (Fsp3) is 0.650. The normalized spacial score (nSPS) is 27.2. The van der Waals surface area contributed by atoms with Gasteiger partial charge in [0.15, 0.2) is 5.78 Å². The molecule has 0 unspecified atom stereocenters. The van der Waals surface area contributed by atoms with Crippen LogP contribution >= 0.6 is 11.6 Å². The molecule has 0 aromatic carbocycles. The first-order valence-corrected chi connectivity index (χ1v) is 10.1. The molecule has 1 aliphatic heterocycles. The SMILES string of the molecule is CC(=O)N1CCCN(C2CCC(C(=O)CO)(c3ncccc3Cl)CC2)CC1. The summed E-state index contributed by atoms with van der Waals surface area (Å²) in [6, 6.07) is 3.90. The molecule has 7 heteroatoms. The lowest BCUT2D eigenvalue weighted by molar-refractivity contribution is -0.130. The summed E-state index contributed by atoms with van der Waals surface area (Å²) in [5.74, 6) is -0.0574. The molecule has 1 aromatic heterocycles. The zero-order valence-electron chi connectivity index (χ0n) is 15.9. The number of hydrogen-bond acceptors (Lipinski definition) is 5. The minimum atomic E-state index is -0.791. The lowest BCUT2D eigenvalue weighted by Gasteiger charge is -2.42. The van der Waals surface area contributed by atoms with Crippen LogP contribution < -0.4 is 0 Å². The number of nitrogens with zero attached hydrogens (tertiary/aromatic N) is 3. The Bertz CT molecular complexity index is 689. The zero-order chi connectivity index (χ0) is 19.4. The average molecular weight is 394 g/mol. The van der Waals surface area contributed by atoms with Crippen LogP contribution in [-0.2, 0) is 15.0 Å². The summed E-state index contributed by atoms with van der Waals surface area (Å²) in [6.45, 7) is 4.56. The molecule has 6 nitrogen and oxygen atoms in total. The highest BCUT2D eigenvalue weighted by Gasteiger charge is 2.45. The summed E-state index contributed by atoms with van der Waals surface area (Å²) in [5, 5.41) is 10.1. The highest BCUT2D eigenvalue weighted by molar-refractivity contribution is 6.31. The van der Waals surface area contributed by atoms with Crippen LogP contribution in [0.3, 0.4) is 0 Å². The van der Waals surface area contributed by atoms with Gasteiger partial charge in [-0.15, -0.1) is 0 Å². The van der Waals surface area contributed by atoms with Gasteiger partial charge in [-0.05, 0) is 44.2 Å². The molecular weight excluding hydrogens is 366 g/mol. The number of ketones is 1. The van der Waals surface area contributed by atoms with Crippen LogP contribution in [-0.4, -0.2) is 70.4 Å². The minimum Gasteiger partial charge on any atom is -0.389 e. The van der Waals surface area contributed by atoms with Crippen molar-refractivity contribution in [3.63, 3.8) is 0 Å². The van der Waals surface area contributed by atoms with Crippen molar-refractivity contribution in [1.82, 2.24) is 14.8 Å². The topological polar surface area (TPSA) is 73.7 Å². The molecule has 1 aromatic rings. The first-order valence-electron chi connectivity index (χ1n) is 9.72. The first kappa shape index (κ1) is 20.2. The van der Waals surface area contributed by atoms with E-state index >= 15 is 0 Å². The van der Waals surface area contributed by atoms with Gasteiger partial charge in [0.2, 0.25) is 5.91 Å². The van der Waals surface area contributed by atoms with Crippen LogP contribution in [0.2, 0.25) is 5.02 Å². The molecule has 0 spiro atoms. The van der Waals surface area contributed by atoms with Crippen LogP contribution in [0.15, 0.2) is 18.3 Å². The molecule has 1 amide bonds. The predicted octanol–water partition coefficient (Wildman–Crippen LogP) is 2.03. The molecule has 0 bridgehead atoms. The van der Waals surface area contributed by atoms with Crippen LogP contribution in [0.1, 0.15) is 44.7 Å². The van der Waals surface area contributed by atoms with Crippen LogP contribution in [0, 0.1) is 0 Å². The molecule has 0 atom stereocenters. The van der Waals surface area contributed by atoms with Crippen molar-refractivity contribution in [2.24, 2.45) is 0 Å². The Hall–Kier alpha value is -1.50. The number of halogens is 1. The van der Waals surface area contributed by atoms with Crippen molar-refractivity contribution >= 4 is 23.3 Å². The Labute approximate surface area is 165 Å². The molecular formula is C20H28ClN3O3. The number of carbonyl (C=O) groups excluding carboxylic acids is 2. The van der Waals surface area contributed by atoms with Gasteiger partial charge in [-0.3, -0.25) is 19.5 Å². The summed E-state index contributed by atoms with van der Waals surface area (Å²) in [6.07, 6.45) is 5.63. The third kappa shape index (κ3) is 4.18. The largest absolute Gasteiger partial charge is 0.389 e. The number of carbonyl (C=O) groups is 2. The van der Waals surface area contributed by atoms with Crippen LogP contribution in [0.5, 0.6) is 0 Å². The highest BCUT2D eigenvalue weighted by Crippen LogP contribution is 2.43. The van der Waals surface area contributed by atoms with Gasteiger partial charge in [0.1, 0.15) is 6.61 Å². The summed E-state index contributed by atoms with van der Waals surface area (Å²) in [5.41, 5.74) is -0.191. The van der Waals surface area contributed by atoms with E-state index in [-0.39, 0.29) is 11.7 Å². The molecule has 148 valence electrons. The van der Waals surface area contributed by atoms with E-state index in [0.717, 1.165) is 45.4 Å². The molecule has 1 saturated heterocycles. The zero-order valence-corrected chi connectivity index (χ0v) is 16.6. The minimum absolute atomic E-state index is 0.137. The van der Waals surface area contributed by atoms with Gasteiger partial charge in [-0.2, -0.15) is 0 Å². The van der Waals surface area contributed by atoms with Gasteiger partial charge >= 0.3 is 0 Å². The lowest BCUT2D eigenvalue weighted by Crippen LogP contribution is -2.48. The van der Waals surface area contributed by atoms with E-state index in [0.29, 0.717) is 29.6 Å². The van der Waals surface area contributed by atoms with Gasteiger partial charge in [-0.1, -0.05) is 11.6 Å². The Morgan fingerprint density at radius 3 is 2.63 bits per heavy atom. The van der Waals surface area contributed by atoms with E-state index in [1.807, 2.05) is 4.90 Å². The Morgan fingerprint density at radius 2 is 2.00 bits per heavy atom. The van der Waals surface area contributed by atoms with Crippen LogP contribution in [0.25, 0.3) is 0 Å². The van der Waals surface area contributed by atoms with Crippen molar-refractivity contribution in [2.75, 3.05) is 32.8 Å². The van der Waals surface area contributed by atoms with Gasteiger partial charge in [0.25, 0.3) is 0 Å². The first-order chi connectivity index (χ1) is 13.0. The molecule has 0 radical (unpaired) electrons. The van der Waals surface area contributed by atoms with Crippen LogP contribution in [0.4, 0.5) is 0 Å². The van der Waals surface area contributed by atoms with Crippen molar-refractivity contribution in [1.29, 1.82) is 0 Å². The number of aliphatic hydroxyl groups excluding tert-OH is 1. The van der Waals surface area contributed by atoms with E-state index in [1.165, 1.54) is 0 Å². The lowest BCUT2D eigenvalue weighted by atomic mass is 9.67. The number of aliphatic hydroxyl groups is 1. The average Bonchev–Trinajstić information content (AvgIpc) is 2.94. The summed E-state index contributed by atoms with van der Waals surface area (Å²) in [7, 11) is 0. The standard InChI is InChI=1S/C20H28ClN3O3/c1-15(26)23-10-3-11-24(13-12-23)16-5-7-20(8-6-16,18(27)14-25)19-17(21)4-2-9-22-19/h2,4,9,16,25H,3,5-8,10-14H2,1H3. The molecule has 27 heavy (non-hydrogen) atoms. The van der Waals surface area contributed by atoms with Gasteiger partial charge in [0, 0.05) is 45.3 Å². The Kier molecular flexibility index (Phi) is 6.50. The smallest absolute Gasteiger partial charge is 0.219 e. The van der Waals surface area contributed by atoms with E-state index in [1.54, 1.807) is 25.3 Å². The molecule has 1 aliphatic carbocycles. The monoisotopic (exact) mass is 393 g/mol. The second kappa shape index (κ2) is 8.67. The maximum atomic E-state index is 12.7. The Morgan fingerprint density at radius 1 is 1.26 bits per heavy atom. The molecule has 2 aliphatic rings. The van der Waals surface area contributed by atoms with Crippen molar-refractivity contribution in [3.05, 3.63) is 29.0 Å². The van der Waals surface area contributed by atoms with Crippen molar-refractivity contribution in [3.8, 4) is 0 Å². The number of rotatable bonds is 4. The van der Waals surface area contributed by atoms with Crippen molar-refractivity contribution in [2.45, 2.75) is 50.5 Å². The summed E-state index contributed by atoms with van der Waals surface area (Å²) >= 11 is 6.36. The molecule has 2 heterocycles. The maximum Gasteiger partial charge on any atom is 0.219 e. The maximum absolute atomic E-state index is 12.7. The Balaban J connectivity index is 1.72. The second-order valence-corrected chi connectivity index (χ2v) is 8.03. The fourth-order valence-corrected chi connectivity index (χ4v) is 4.92. The number of pyridine rings is 1. The summed E-state index contributed by atoms with van der Waals surface area (Å²) in [4.78, 5) is 33.1. The number of hydrogen-bond donors (Lipinski definition) is 1. The van der Waals surface area contributed by atoms with Crippen molar-refractivity contribution < 1.29 is 14.7 Å². The molecule has 1 saturated carbocycles. The third-order valence-electron chi connectivity index (χ3n) is 6.19. The molecule has 1 N–H and O–H groups in total. The van der Waals surface area contributed by atoms with E-state index in [2.05, 4.69) is 9.88 Å². The number of Topliss-reactive ketones (excluding diaryl/α,β-unsaturated/α-hetero) is 1. The number of amides is 1. The van der Waals surface area contributed by atoms with Gasteiger partial charge in [0.05, 0.1) is 16.1 Å². The third-order valence-corrected chi connectivity index (χ3v) is 6.50. The van der Waals surface area contributed by atoms with E-state index in [9.17, 15) is 14.7 Å². The quantitative estimate of drug-likeness (QED) is 0.847.